The highest BCUT2D eigenvalue weighted by molar-refractivity contribution is 5.81. The summed E-state index contributed by atoms with van der Waals surface area (Å²) in [4.78, 5) is 12.0. The highest BCUT2D eigenvalue weighted by atomic mass is 16.8. The molecular formula is C16H18O4. The zero-order valence-corrected chi connectivity index (χ0v) is 11.6. The van der Waals surface area contributed by atoms with Gasteiger partial charge in [0.25, 0.3) is 0 Å². The molecule has 4 heteroatoms. The molecule has 106 valence electrons. The molecule has 4 rings (SSSR count). The van der Waals surface area contributed by atoms with Crippen molar-refractivity contribution < 1.29 is 19.0 Å². The van der Waals surface area contributed by atoms with Gasteiger partial charge in [0.1, 0.15) is 12.2 Å². The zero-order chi connectivity index (χ0) is 13.9. The average molecular weight is 274 g/mol. The molecule has 2 saturated heterocycles. The number of hydrogen-bond acceptors (Lipinski definition) is 4. The molecule has 0 aromatic heterocycles. The molecule has 0 unspecified atom stereocenters. The minimum absolute atomic E-state index is 0.00899. The summed E-state index contributed by atoms with van der Waals surface area (Å²) in [5.74, 6) is -0.120. The van der Waals surface area contributed by atoms with Crippen molar-refractivity contribution in [2.24, 2.45) is 11.8 Å². The summed E-state index contributed by atoms with van der Waals surface area (Å²) in [7, 11) is 0. The van der Waals surface area contributed by atoms with Crippen molar-refractivity contribution >= 4 is 5.97 Å². The first-order valence-electron chi connectivity index (χ1n) is 7.14. The predicted octanol–water partition coefficient (Wildman–Crippen LogP) is 2.09. The lowest BCUT2D eigenvalue weighted by Gasteiger charge is -2.22. The van der Waals surface area contributed by atoms with Crippen molar-refractivity contribution in [2.75, 3.05) is 6.61 Å². The molecule has 2 aliphatic heterocycles. The highest BCUT2D eigenvalue weighted by Crippen LogP contribution is 2.62. The topological polar surface area (TPSA) is 44.8 Å². The van der Waals surface area contributed by atoms with E-state index in [0.717, 1.165) is 0 Å². The summed E-state index contributed by atoms with van der Waals surface area (Å²) in [5, 5.41) is 0. The summed E-state index contributed by atoms with van der Waals surface area (Å²) >= 11 is 0. The summed E-state index contributed by atoms with van der Waals surface area (Å²) in [6.07, 6.45) is -0.308. The number of benzene rings is 1. The lowest BCUT2D eigenvalue weighted by Crippen LogP contribution is -2.34. The van der Waals surface area contributed by atoms with Crippen LogP contribution >= 0.6 is 0 Å². The van der Waals surface area contributed by atoms with E-state index < -0.39 is 5.79 Å². The number of carbonyl (C=O) groups excluding carboxylic acids is 1. The average Bonchev–Trinajstić information content (AvgIpc) is 2.94. The monoisotopic (exact) mass is 274 g/mol. The van der Waals surface area contributed by atoms with E-state index in [-0.39, 0.29) is 35.9 Å². The fourth-order valence-corrected chi connectivity index (χ4v) is 3.64. The lowest BCUT2D eigenvalue weighted by atomic mass is 10.0. The van der Waals surface area contributed by atoms with Crippen molar-refractivity contribution in [2.45, 2.75) is 37.8 Å². The molecule has 1 aliphatic carbocycles. The number of cyclic esters (lactones) is 1. The van der Waals surface area contributed by atoms with Crippen molar-refractivity contribution in [1.29, 1.82) is 0 Å². The molecule has 4 nitrogen and oxygen atoms in total. The molecule has 0 spiro atoms. The number of hydrogen-bond donors (Lipinski definition) is 0. The fraction of sp³-hybridized carbons (Fsp3) is 0.562. The van der Waals surface area contributed by atoms with Gasteiger partial charge < -0.3 is 14.2 Å². The van der Waals surface area contributed by atoms with E-state index in [1.807, 2.05) is 32.0 Å². The number of rotatable bonds is 2. The van der Waals surface area contributed by atoms with E-state index in [2.05, 4.69) is 12.1 Å². The molecule has 0 radical (unpaired) electrons. The third-order valence-electron chi connectivity index (χ3n) is 4.56. The van der Waals surface area contributed by atoms with E-state index in [0.29, 0.717) is 6.61 Å². The molecule has 0 N–H and O–H groups in total. The maximum Gasteiger partial charge on any atom is 0.310 e. The second-order valence-electron chi connectivity index (χ2n) is 6.31. The van der Waals surface area contributed by atoms with Gasteiger partial charge in [-0.15, -0.1) is 0 Å². The molecule has 2 heterocycles. The highest BCUT2D eigenvalue weighted by Gasteiger charge is 2.68. The molecule has 5 atom stereocenters. The van der Waals surface area contributed by atoms with Gasteiger partial charge in [0, 0.05) is 11.8 Å². The van der Waals surface area contributed by atoms with Crippen LogP contribution in [0.3, 0.4) is 0 Å². The van der Waals surface area contributed by atoms with Gasteiger partial charge >= 0.3 is 5.97 Å². The maximum atomic E-state index is 12.0. The summed E-state index contributed by atoms with van der Waals surface area (Å²) in [6, 6.07) is 10.2. The van der Waals surface area contributed by atoms with E-state index in [4.69, 9.17) is 14.2 Å². The third-order valence-corrected chi connectivity index (χ3v) is 4.56. The van der Waals surface area contributed by atoms with Crippen LogP contribution in [0.5, 0.6) is 0 Å². The molecule has 1 aromatic rings. The molecular weight excluding hydrogens is 256 g/mol. The van der Waals surface area contributed by atoms with E-state index in [1.54, 1.807) is 0 Å². The Labute approximate surface area is 118 Å². The van der Waals surface area contributed by atoms with Crippen LogP contribution in [-0.4, -0.2) is 30.6 Å². The Morgan fingerprint density at radius 1 is 1.15 bits per heavy atom. The van der Waals surface area contributed by atoms with Gasteiger partial charge in [-0.25, -0.2) is 0 Å². The number of carbonyl (C=O) groups is 1. The summed E-state index contributed by atoms with van der Waals surface area (Å²) in [6.45, 7) is 4.28. The smallest absolute Gasteiger partial charge is 0.310 e. The number of ether oxygens (including phenoxy) is 3. The number of fused-ring (bicyclic) bond motifs is 1. The van der Waals surface area contributed by atoms with E-state index in [9.17, 15) is 4.79 Å². The second-order valence-corrected chi connectivity index (χ2v) is 6.31. The fourth-order valence-electron chi connectivity index (χ4n) is 3.64. The van der Waals surface area contributed by atoms with Crippen LogP contribution in [0, 0.1) is 11.8 Å². The van der Waals surface area contributed by atoms with E-state index in [1.165, 1.54) is 5.56 Å². The lowest BCUT2D eigenvalue weighted by molar-refractivity contribution is -0.166. The van der Waals surface area contributed by atoms with Gasteiger partial charge in [-0.05, 0) is 19.4 Å². The van der Waals surface area contributed by atoms with Crippen LogP contribution in [0.1, 0.15) is 25.3 Å². The zero-order valence-electron chi connectivity index (χ0n) is 11.6. The molecule has 3 fully saturated rings. The minimum Gasteiger partial charge on any atom is -0.459 e. The van der Waals surface area contributed by atoms with Crippen LogP contribution in [0.25, 0.3) is 0 Å². The third kappa shape index (κ3) is 1.79. The van der Waals surface area contributed by atoms with Crippen molar-refractivity contribution in [3.05, 3.63) is 35.9 Å². The SMILES string of the molecule is CC1(C)OC[C@H]([C@@H]2OC(=O)[C@@H]3[C@H](c4ccccc4)[C@H]23)O1. The standard InChI is InChI=1S/C16H18O4/c1-16(2)18-8-10(20-16)14-12-11(13(12)15(17)19-14)9-6-4-3-5-7-9/h3-7,10-14H,8H2,1-2H3/t10-,11-,12+,13-,14+/m1/s1. The first-order valence-corrected chi connectivity index (χ1v) is 7.14. The Hall–Kier alpha value is -1.39. The Bertz CT molecular complexity index is 539. The maximum absolute atomic E-state index is 12.0. The van der Waals surface area contributed by atoms with Crippen molar-refractivity contribution in [3.63, 3.8) is 0 Å². The summed E-state index contributed by atoms with van der Waals surface area (Å²) < 4.78 is 17.0. The first kappa shape index (κ1) is 12.4. The molecule has 3 aliphatic rings. The predicted molar refractivity (Wildman–Crippen MR) is 70.9 cm³/mol. The van der Waals surface area contributed by atoms with Crippen LogP contribution in [0.15, 0.2) is 30.3 Å². The Kier molecular flexibility index (Phi) is 2.51. The number of esters is 1. The molecule has 0 bridgehead atoms. The van der Waals surface area contributed by atoms with Crippen LogP contribution in [0.4, 0.5) is 0 Å². The van der Waals surface area contributed by atoms with Gasteiger partial charge in [-0.3, -0.25) is 4.79 Å². The van der Waals surface area contributed by atoms with Crippen LogP contribution in [0.2, 0.25) is 0 Å². The Morgan fingerprint density at radius 3 is 2.55 bits per heavy atom. The van der Waals surface area contributed by atoms with Gasteiger partial charge in [0.05, 0.1) is 12.5 Å². The molecule has 1 aromatic carbocycles. The van der Waals surface area contributed by atoms with Crippen LogP contribution < -0.4 is 0 Å². The normalized spacial score (nSPS) is 41.3. The molecule has 1 saturated carbocycles. The van der Waals surface area contributed by atoms with Crippen molar-refractivity contribution in [1.82, 2.24) is 0 Å². The van der Waals surface area contributed by atoms with Crippen LogP contribution in [-0.2, 0) is 19.0 Å². The second kappa shape index (κ2) is 4.06. The Morgan fingerprint density at radius 2 is 1.90 bits per heavy atom. The van der Waals surface area contributed by atoms with Gasteiger partial charge in [-0.2, -0.15) is 0 Å². The Balaban J connectivity index is 1.55. The van der Waals surface area contributed by atoms with Gasteiger partial charge in [0.2, 0.25) is 0 Å². The first-order chi connectivity index (χ1) is 9.57. The minimum atomic E-state index is -0.577. The van der Waals surface area contributed by atoms with E-state index >= 15 is 0 Å². The quantitative estimate of drug-likeness (QED) is 0.775. The summed E-state index contributed by atoms with van der Waals surface area (Å²) in [5.41, 5.74) is 1.22. The molecule has 20 heavy (non-hydrogen) atoms. The van der Waals surface area contributed by atoms with Gasteiger partial charge in [0.15, 0.2) is 5.79 Å². The molecule has 0 amide bonds. The van der Waals surface area contributed by atoms with Gasteiger partial charge in [-0.1, -0.05) is 30.3 Å². The largest absolute Gasteiger partial charge is 0.459 e. The van der Waals surface area contributed by atoms with Crippen molar-refractivity contribution in [3.8, 4) is 0 Å².